The minimum absolute atomic E-state index is 0.0475. The molecule has 0 saturated heterocycles. The topological polar surface area (TPSA) is 88.1 Å². The highest BCUT2D eigenvalue weighted by Crippen LogP contribution is 2.19. The second-order valence-electron chi connectivity index (χ2n) is 6.85. The summed E-state index contributed by atoms with van der Waals surface area (Å²) < 4.78 is 44.3. The molecule has 3 aromatic carbocycles. The summed E-state index contributed by atoms with van der Waals surface area (Å²) in [6, 6.07) is 21.8. The van der Waals surface area contributed by atoms with Gasteiger partial charge >= 0.3 is 0 Å². The summed E-state index contributed by atoms with van der Waals surface area (Å²) in [6.07, 6.45) is 2.35. The second-order valence-corrected chi connectivity index (χ2v) is 8.76. The molecule has 1 amide bonds. The first-order chi connectivity index (χ1) is 15.3. The number of ether oxygens (including phenoxy) is 1. The fraction of sp³-hybridized carbons (Fsp3) is 0.130. The van der Waals surface area contributed by atoms with Crippen molar-refractivity contribution >= 4 is 27.8 Å². The molecule has 0 spiro atoms. The molecular weight excluding hydrogens is 433 g/mol. The predicted octanol–water partition coefficient (Wildman–Crippen LogP) is 3.32. The monoisotopic (exact) mass is 455 g/mol. The van der Waals surface area contributed by atoms with Gasteiger partial charge in [0, 0.05) is 5.56 Å². The third-order valence-electron chi connectivity index (χ3n) is 4.33. The number of hydrogen-bond acceptors (Lipinski definition) is 5. The molecule has 0 fully saturated rings. The van der Waals surface area contributed by atoms with Crippen molar-refractivity contribution in [3.8, 4) is 5.75 Å². The summed E-state index contributed by atoms with van der Waals surface area (Å²) in [5.74, 6) is -0.716. The van der Waals surface area contributed by atoms with Gasteiger partial charge in [0.2, 0.25) is 10.0 Å². The number of carbonyl (C=O) groups is 1. The van der Waals surface area contributed by atoms with E-state index in [1.165, 1.54) is 24.4 Å². The SMILES string of the molecule is CS(=O)(=O)N(CC(=O)N/N=C\c1ccccc1OCc1ccccc1)c1cccc(F)c1. The maximum Gasteiger partial charge on any atom is 0.260 e. The number of nitrogens with one attached hydrogen (secondary N) is 1. The van der Waals surface area contributed by atoms with Gasteiger partial charge in [0.15, 0.2) is 0 Å². The van der Waals surface area contributed by atoms with Crippen LogP contribution in [0.3, 0.4) is 0 Å². The normalized spacial score (nSPS) is 11.3. The second kappa shape index (κ2) is 10.5. The standard InChI is InChI=1S/C23H22FN3O4S/c1-32(29,30)27(21-12-7-11-20(24)14-21)16-23(28)26-25-15-19-10-5-6-13-22(19)31-17-18-8-3-2-4-9-18/h2-15H,16-17H2,1H3,(H,26,28)/b25-15-. The van der Waals surface area contributed by atoms with Crippen LogP contribution in [-0.4, -0.2) is 33.3 Å². The van der Waals surface area contributed by atoms with Crippen LogP contribution in [0.2, 0.25) is 0 Å². The van der Waals surface area contributed by atoms with Crippen LogP contribution in [0.4, 0.5) is 10.1 Å². The zero-order chi connectivity index (χ0) is 23.0. The molecule has 7 nitrogen and oxygen atoms in total. The van der Waals surface area contributed by atoms with Crippen molar-refractivity contribution in [1.82, 2.24) is 5.43 Å². The fourth-order valence-corrected chi connectivity index (χ4v) is 3.67. The first-order valence-electron chi connectivity index (χ1n) is 9.64. The molecule has 32 heavy (non-hydrogen) atoms. The number of hydrazone groups is 1. The van der Waals surface area contributed by atoms with Crippen LogP contribution in [0.15, 0.2) is 84.0 Å². The van der Waals surface area contributed by atoms with Crippen LogP contribution < -0.4 is 14.5 Å². The molecule has 166 valence electrons. The average molecular weight is 456 g/mol. The Bertz CT molecular complexity index is 1200. The molecule has 0 unspecified atom stereocenters. The molecule has 9 heteroatoms. The molecule has 0 aromatic heterocycles. The van der Waals surface area contributed by atoms with E-state index in [2.05, 4.69) is 10.5 Å². The zero-order valence-corrected chi connectivity index (χ0v) is 18.1. The molecule has 0 aliphatic rings. The highest BCUT2D eigenvalue weighted by molar-refractivity contribution is 7.92. The van der Waals surface area contributed by atoms with Crippen LogP contribution in [0.1, 0.15) is 11.1 Å². The Morgan fingerprint density at radius 1 is 1.06 bits per heavy atom. The third-order valence-corrected chi connectivity index (χ3v) is 5.47. The van der Waals surface area contributed by atoms with Crippen molar-refractivity contribution in [1.29, 1.82) is 0 Å². The van der Waals surface area contributed by atoms with Gasteiger partial charge in [-0.15, -0.1) is 0 Å². The fourth-order valence-electron chi connectivity index (χ4n) is 2.82. The lowest BCUT2D eigenvalue weighted by atomic mass is 10.2. The van der Waals surface area contributed by atoms with Gasteiger partial charge in [0.05, 0.1) is 18.2 Å². The Morgan fingerprint density at radius 3 is 2.50 bits per heavy atom. The van der Waals surface area contributed by atoms with Gasteiger partial charge in [0.25, 0.3) is 5.91 Å². The number of rotatable bonds is 9. The Kier molecular flexibility index (Phi) is 7.56. The summed E-state index contributed by atoms with van der Waals surface area (Å²) >= 11 is 0. The van der Waals surface area contributed by atoms with Gasteiger partial charge in [-0.1, -0.05) is 48.5 Å². The molecule has 0 heterocycles. The van der Waals surface area contributed by atoms with Crippen molar-refractivity contribution in [2.24, 2.45) is 5.10 Å². The van der Waals surface area contributed by atoms with Crippen molar-refractivity contribution < 1.29 is 22.3 Å². The summed E-state index contributed by atoms with van der Waals surface area (Å²) in [4.78, 5) is 12.3. The van der Waals surface area contributed by atoms with E-state index in [9.17, 15) is 17.6 Å². The van der Waals surface area contributed by atoms with Gasteiger partial charge in [-0.05, 0) is 35.9 Å². The lowest BCUT2D eigenvalue weighted by Crippen LogP contribution is -2.39. The first-order valence-corrected chi connectivity index (χ1v) is 11.5. The van der Waals surface area contributed by atoms with Gasteiger partial charge in [-0.25, -0.2) is 18.2 Å². The van der Waals surface area contributed by atoms with Gasteiger partial charge in [-0.3, -0.25) is 9.10 Å². The van der Waals surface area contributed by atoms with E-state index in [1.54, 1.807) is 18.2 Å². The zero-order valence-electron chi connectivity index (χ0n) is 17.3. The molecular formula is C23H22FN3O4S. The first kappa shape index (κ1) is 23.0. The molecule has 0 aliphatic carbocycles. The maximum absolute atomic E-state index is 13.5. The number of sulfonamides is 1. The Labute approximate surface area is 186 Å². The number of nitrogens with zero attached hydrogens (tertiary/aromatic N) is 2. The molecule has 0 saturated carbocycles. The molecule has 3 rings (SSSR count). The van der Waals surface area contributed by atoms with E-state index in [0.717, 1.165) is 22.2 Å². The Balaban J connectivity index is 1.64. The van der Waals surface area contributed by atoms with E-state index < -0.39 is 28.3 Å². The van der Waals surface area contributed by atoms with Crippen LogP contribution in [0, 0.1) is 5.82 Å². The number of halogens is 1. The predicted molar refractivity (Wildman–Crippen MR) is 122 cm³/mol. The number of carbonyl (C=O) groups excluding carboxylic acids is 1. The van der Waals surface area contributed by atoms with Gasteiger partial charge in [-0.2, -0.15) is 5.10 Å². The highest BCUT2D eigenvalue weighted by Gasteiger charge is 2.21. The van der Waals surface area contributed by atoms with Crippen LogP contribution in [0.5, 0.6) is 5.75 Å². The highest BCUT2D eigenvalue weighted by atomic mass is 32.2. The smallest absolute Gasteiger partial charge is 0.260 e. The van der Waals surface area contributed by atoms with E-state index in [1.807, 2.05) is 36.4 Å². The van der Waals surface area contributed by atoms with Crippen LogP contribution >= 0.6 is 0 Å². The molecule has 0 bridgehead atoms. The molecule has 0 atom stereocenters. The van der Waals surface area contributed by atoms with E-state index >= 15 is 0 Å². The number of para-hydroxylation sites is 1. The summed E-state index contributed by atoms with van der Waals surface area (Å²) in [6.45, 7) is -0.180. The largest absolute Gasteiger partial charge is 0.488 e. The van der Waals surface area contributed by atoms with Crippen molar-refractivity contribution in [3.63, 3.8) is 0 Å². The van der Waals surface area contributed by atoms with E-state index in [0.29, 0.717) is 17.9 Å². The van der Waals surface area contributed by atoms with Gasteiger partial charge in [0.1, 0.15) is 24.7 Å². The number of benzene rings is 3. The lowest BCUT2D eigenvalue weighted by molar-refractivity contribution is -0.119. The Hall–Kier alpha value is -3.72. The number of hydrogen-bond donors (Lipinski definition) is 1. The maximum atomic E-state index is 13.5. The summed E-state index contributed by atoms with van der Waals surface area (Å²) in [7, 11) is -3.81. The van der Waals surface area contributed by atoms with E-state index in [4.69, 9.17) is 4.74 Å². The van der Waals surface area contributed by atoms with Crippen LogP contribution in [-0.2, 0) is 21.4 Å². The van der Waals surface area contributed by atoms with Crippen molar-refractivity contribution in [2.75, 3.05) is 17.1 Å². The van der Waals surface area contributed by atoms with Crippen molar-refractivity contribution in [3.05, 3.63) is 95.8 Å². The minimum atomic E-state index is -3.81. The Morgan fingerprint density at radius 2 is 1.78 bits per heavy atom. The number of anilines is 1. The molecule has 3 aromatic rings. The molecule has 0 aliphatic heterocycles. The molecule has 0 radical (unpaired) electrons. The quantitative estimate of drug-likeness (QED) is 0.396. The van der Waals surface area contributed by atoms with Crippen molar-refractivity contribution in [2.45, 2.75) is 6.61 Å². The minimum Gasteiger partial charge on any atom is -0.488 e. The molecule has 1 N–H and O–H groups in total. The van der Waals surface area contributed by atoms with Gasteiger partial charge < -0.3 is 4.74 Å². The third kappa shape index (κ3) is 6.64. The summed E-state index contributed by atoms with van der Waals surface area (Å²) in [5, 5.41) is 3.90. The number of amides is 1. The average Bonchev–Trinajstić information content (AvgIpc) is 2.77. The van der Waals surface area contributed by atoms with E-state index in [-0.39, 0.29) is 5.69 Å². The van der Waals surface area contributed by atoms with Crippen LogP contribution in [0.25, 0.3) is 0 Å². The summed E-state index contributed by atoms with van der Waals surface area (Å²) in [5.41, 5.74) is 3.98. The lowest BCUT2D eigenvalue weighted by Gasteiger charge is -2.21.